The molecule has 2 N–H and O–H groups in total. The van der Waals surface area contributed by atoms with Gasteiger partial charge in [0.05, 0.1) is 0 Å². The van der Waals surface area contributed by atoms with Gasteiger partial charge in [-0.2, -0.15) is 0 Å². The van der Waals surface area contributed by atoms with Crippen molar-refractivity contribution in [3.63, 3.8) is 0 Å². The number of rotatable bonds is 4. The molecule has 0 aliphatic heterocycles. The summed E-state index contributed by atoms with van der Waals surface area (Å²) in [6.07, 6.45) is 0. The van der Waals surface area contributed by atoms with E-state index in [0.29, 0.717) is 17.4 Å². The molecule has 1 amide bonds. The van der Waals surface area contributed by atoms with Gasteiger partial charge in [-0.05, 0) is 31.2 Å². The van der Waals surface area contributed by atoms with E-state index in [0.717, 1.165) is 0 Å². The van der Waals surface area contributed by atoms with E-state index in [1.165, 1.54) is 35.6 Å². The van der Waals surface area contributed by atoms with Crippen molar-refractivity contribution < 1.29 is 9.18 Å². The van der Waals surface area contributed by atoms with Crippen molar-refractivity contribution >= 4 is 28.1 Å². The lowest BCUT2D eigenvalue weighted by molar-refractivity contribution is 0.102. The van der Waals surface area contributed by atoms with Crippen LogP contribution >= 0.6 is 11.3 Å². The molecule has 0 unspecified atom stereocenters. The standard InChI is InChI=1S/C11H11FN4OS/c1-2-13-11-16-15-10(18-11)9(17)14-8-5-3-7(12)4-6-8/h3-6H,2H2,1H3,(H,13,16)(H,14,17). The molecule has 0 aliphatic carbocycles. The average molecular weight is 266 g/mol. The minimum Gasteiger partial charge on any atom is -0.360 e. The zero-order valence-electron chi connectivity index (χ0n) is 9.61. The summed E-state index contributed by atoms with van der Waals surface area (Å²) < 4.78 is 12.7. The number of hydrogen-bond acceptors (Lipinski definition) is 5. The molecule has 1 aromatic heterocycles. The molecule has 0 atom stereocenters. The molecule has 5 nitrogen and oxygen atoms in total. The van der Waals surface area contributed by atoms with Gasteiger partial charge in [0, 0.05) is 12.2 Å². The molecule has 0 spiro atoms. The van der Waals surface area contributed by atoms with E-state index in [1.54, 1.807) is 0 Å². The van der Waals surface area contributed by atoms with E-state index in [9.17, 15) is 9.18 Å². The Hall–Kier alpha value is -2.02. The summed E-state index contributed by atoms with van der Waals surface area (Å²) in [6.45, 7) is 2.65. The second-order valence-corrected chi connectivity index (χ2v) is 4.38. The maximum Gasteiger partial charge on any atom is 0.286 e. The van der Waals surface area contributed by atoms with E-state index < -0.39 is 0 Å². The Bertz CT molecular complexity index is 540. The van der Waals surface area contributed by atoms with Crippen molar-refractivity contribution in [1.29, 1.82) is 0 Å². The van der Waals surface area contributed by atoms with Crippen LogP contribution in [0.25, 0.3) is 0 Å². The second kappa shape index (κ2) is 5.54. The Balaban J connectivity index is 2.04. The Morgan fingerprint density at radius 1 is 1.33 bits per heavy atom. The highest BCUT2D eigenvalue weighted by atomic mass is 32.1. The lowest BCUT2D eigenvalue weighted by Gasteiger charge is -2.01. The first-order valence-electron chi connectivity index (χ1n) is 5.33. The fourth-order valence-corrected chi connectivity index (χ4v) is 1.96. The third-order valence-corrected chi connectivity index (χ3v) is 2.93. The van der Waals surface area contributed by atoms with Crippen LogP contribution in [0.3, 0.4) is 0 Å². The highest BCUT2D eigenvalue weighted by molar-refractivity contribution is 7.17. The molecule has 0 fully saturated rings. The van der Waals surface area contributed by atoms with Gasteiger partial charge in [-0.1, -0.05) is 11.3 Å². The van der Waals surface area contributed by atoms with Gasteiger partial charge in [0.1, 0.15) is 5.82 Å². The third kappa shape index (κ3) is 3.01. The summed E-state index contributed by atoms with van der Waals surface area (Å²) in [6, 6.07) is 5.53. The topological polar surface area (TPSA) is 66.9 Å². The fourth-order valence-electron chi connectivity index (χ4n) is 1.26. The normalized spacial score (nSPS) is 10.1. The summed E-state index contributed by atoms with van der Waals surface area (Å²) in [5.74, 6) is -0.707. The van der Waals surface area contributed by atoms with Crippen LogP contribution in [-0.4, -0.2) is 22.6 Å². The van der Waals surface area contributed by atoms with Crippen molar-refractivity contribution in [3.8, 4) is 0 Å². The lowest BCUT2D eigenvalue weighted by atomic mass is 10.3. The van der Waals surface area contributed by atoms with Gasteiger partial charge in [0.2, 0.25) is 10.1 Å². The maximum atomic E-state index is 12.7. The number of carbonyl (C=O) groups is 1. The van der Waals surface area contributed by atoms with Gasteiger partial charge in [-0.15, -0.1) is 10.2 Å². The largest absolute Gasteiger partial charge is 0.360 e. The van der Waals surface area contributed by atoms with Crippen LogP contribution in [0, 0.1) is 5.82 Å². The smallest absolute Gasteiger partial charge is 0.286 e. The van der Waals surface area contributed by atoms with Crippen LogP contribution in [-0.2, 0) is 0 Å². The van der Waals surface area contributed by atoms with E-state index in [-0.39, 0.29) is 16.7 Å². The molecule has 94 valence electrons. The Morgan fingerprint density at radius 2 is 2.06 bits per heavy atom. The SMILES string of the molecule is CCNc1nnc(C(=O)Nc2ccc(F)cc2)s1. The number of benzene rings is 1. The van der Waals surface area contributed by atoms with Crippen LogP contribution in [0.2, 0.25) is 0 Å². The van der Waals surface area contributed by atoms with Crippen molar-refractivity contribution in [2.24, 2.45) is 0 Å². The van der Waals surface area contributed by atoms with Gasteiger partial charge >= 0.3 is 0 Å². The second-order valence-electron chi connectivity index (χ2n) is 3.40. The summed E-state index contributed by atoms with van der Waals surface area (Å²) >= 11 is 1.17. The van der Waals surface area contributed by atoms with Gasteiger partial charge in [-0.25, -0.2) is 4.39 Å². The van der Waals surface area contributed by atoms with Gasteiger partial charge in [-0.3, -0.25) is 4.79 Å². The van der Waals surface area contributed by atoms with Gasteiger partial charge in [0.15, 0.2) is 0 Å². The molecule has 18 heavy (non-hydrogen) atoms. The average Bonchev–Trinajstić information content (AvgIpc) is 2.81. The highest BCUT2D eigenvalue weighted by Crippen LogP contribution is 2.16. The van der Waals surface area contributed by atoms with Crippen molar-refractivity contribution in [1.82, 2.24) is 10.2 Å². The van der Waals surface area contributed by atoms with E-state index in [1.807, 2.05) is 6.92 Å². The third-order valence-electron chi connectivity index (χ3n) is 2.05. The van der Waals surface area contributed by atoms with Crippen LogP contribution in [0.15, 0.2) is 24.3 Å². The van der Waals surface area contributed by atoms with Crippen LogP contribution in [0.5, 0.6) is 0 Å². The number of hydrogen-bond donors (Lipinski definition) is 2. The molecule has 2 rings (SSSR count). The molecular formula is C11H11FN4OS. The molecule has 0 aliphatic rings. The summed E-state index contributed by atoms with van der Waals surface area (Å²) in [7, 11) is 0. The van der Waals surface area contributed by atoms with Gasteiger partial charge in [0.25, 0.3) is 5.91 Å². The van der Waals surface area contributed by atoms with Crippen molar-refractivity contribution in [2.75, 3.05) is 17.2 Å². The van der Waals surface area contributed by atoms with E-state index in [4.69, 9.17) is 0 Å². The van der Waals surface area contributed by atoms with E-state index >= 15 is 0 Å². The fraction of sp³-hybridized carbons (Fsp3) is 0.182. The number of carbonyl (C=O) groups excluding carboxylic acids is 1. The lowest BCUT2D eigenvalue weighted by Crippen LogP contribution is -2.11. The first-order chi connectivity index (χ1) is 8.69. The predicted octanol–water partition coefficient (Wildman–Crippen LogP) is 2.36. The number of amides is 1. The number of nitrogens with one attached hydrogen (secondary N) is 2. The number of aromatic nitrogens is 2. The Kier molecular flexibility index (Phi) is 3.83. The van der Waals surface area contributed by atoms with Crippen LogP contribution in [0.1, 0.15) is 16.7 Å². The minimum atomic E-state index is -0.358. The van der Waals surface area contributed by atoms with Crippen LogP contribution < -0.4 is 10.6 Å². The number of anilines is 2. The molecule has 1 heterocycles. The van der Waals surface area contributed by atoms with Crippen molar-refractivity contribution in [3.05, 3.63) is 35.1 Å². The summed E-state index contributed by atoms with van der Waals surface area (Å²) in [4.78, 5) is 11.8. The van der Waals surface area contributed by atoms with Gasteiger partial charge < -0.3 is 10.6 Å². The van der Waals surface area contributed by atoms with Crippen molar-refractivity contribution in [2.45, 2.75) is 6.92 Å². The summed E-state index contributed by atoms with van der Waals surface area (Å²) in [5.41, 5.74) is 0.515. The Labute approximate surface area is 107 Å². The molecule has 7 heteroatoms. The zero-order valence-corrected chi connectivity index (χ0v) is 10.4. The zero-order chi connectivity index (χ0) is 13.0. The van der Waals surface area contributed by atoms with E-state index in [2.05, 4.69) is 20.8 Å². The molecule has 1 aromatic carbocycles. The highest BCUT2D eigenvalue weighted by Gasteiger charge is 2.12. The molecule has 0 saturated heterocycles. The quantitative estimate of drug-likeness (QED) is 0.891. The molecule has 0 radical (unpaired) electrons. The Morgan fingerprint density at radius 3 is 2.72 bits per heavy atom. The first kappa shape index (κ1) is 12.4. The monoisotopic (exact) mass is 266 g/mol. The molecule has 0 saturated carbocycles. The number of nitrogens with zero attached hydrogens (tertiary/aromatic N) is 2. The number of halogens is 1. The maximum absolute atomic E-state index is 12.7. The molecule has 2 aromatic rings. The minimum absolute atomic E-state index is 0.260. The molecule has 0 bridgehead atoms. The first-order valence-corrected chi connectivity index (χ1v) is 6.15. The summed E-state index contributed by atoms with van der Waals surface area (Å²) in [5, 5.41) is 14.0. The molecular weight excluding hydrogens is 255 g/mol. The predicted molar refractivity (Wildman–Crippen MR) is 68.4 cm³/mol. The van der Waals surface area contributed by atoms with Crippen LogP contribution in [0.4, 0.5) is 15.2 Å².